The van der Waals surface area contributed by atoms with E-state index >= 15 is 0 Å². The van der Waals surface area contributed by atoms with Crippen LogP contribution < -0.4 is 5.32 Å². The first-order chi connectivity index (χ1) is 8.20. The van der Waals surface area contributed by atoms with Crippen molar-refractivity contribution in [3.05, 3.63) is 18.1 Å². The second-order valence-corrected chi connectivity index (χ2v) is 4.94. The molecule has 0 amide bonds. The van der Waals surface area contributed by atoms with E-state index in [0.29, 0.717) is 12.1 Å². The summed E-state index contributed by atoms with van der Waals surface area (Å²) in [5, 5.41) is 2.99. The molecule has 94 valence electrons. The van der Waals surface area contributed by atoms with E-state index in [1.807, 2.05) is 13.2 Å². The number of aromatic nitrogens is 2. The number of piperidine rings is 1. The van der Waals surface area contributed by atoms with Crippen LogP contribution >= 0.6 is 0 Å². The topological polar surface area (TPSA) is 41.1 Å². The maximum absolute atomic E-state index is 4.45. The molecule has 0 aromatic carbocycles. The van der Waals surface area contributed by atoms with Crippen molar-refractivity contribution in [1.29, 1.82) is 0 Å². The van der Waals surface area contributed by atoms with Crippen LogP contribution in [0.2, 0.25) is 0 Å². The summed E-state index contributed by atoms with van der Waals surface area (Å²) >= 11 is 0. The molecule has 0 aliphatic carbocycles. The summed E-state index contributed by atoms with van der Waals surface area (Å²) < 4.78 is 0. The lowest BCUT2D eigenvalue weighted by Crippen LogP contribution is -2.43. The first-order valence-corrected chi connectivity index (χ1v) is 6.45. The molecule has 17 heavy (non-hydrogen) atoms. The monoisotopic (exact) mass is 234 g/mol. The zero-order valence-electron chi connectivity index (χ0n) is 11.0. The van der Waals surface area contributed by atoms with Crippen LogP contribution in [0.4, 0.5) is 5.82 Å². The average Bonchev–Trinajstić information content (AvgIpc) is 2.35. The zero-order chi connectivity index (χ0) is 12.3. The molecular formula is C13H22N4. The van der Waals surface area contributed by atoms with Gasteiger partial charge in [0.1, 0.15) is 5.82 Å². The summed E-state index contributed by atoms with van der Waals surface area (Å²) in [5.74, 6) is 0.827. The van der Waals surface area contributed by atoms with E-state index in [1.54, 1.807) is 6.20 Å². The lowest BCUT2D eigenvalue weighted by Gasteiger charge is -2.38. The van der Waals surface area contributed by atoms with Gasteiger partial charge in [-0.1, -0.05) is 6.42 Å². The Bertz CT molecular complexity index is 339. The standard InChI is InChI=1S/C13H22N4/c1-10-5-4-6-11(2)17(10)9-12-7-16-13(14-3)8-15-12/h7-8,10-11H,4-6,9H2,1-3H3,(H,14,16). The molecule has 4 nitrogen and oxygen atoms in total. The smallest absolute Gasteiger partial charge is 0.144 e. The second kappa shape index (κ2) is 5.45. The van der Waals surface area contributed by atoms with Gasteiger partial charge in [-0.3, -0.25) is 9.88 Å². The molecule has 0 bridgehead atoms. The molecular weight excluding hydrogens is 212 g/mol. The molecule has 0 saturated carbocycles. The molecule has 4 heteroatoms. The van der Waals surface area contributed by atoms with Gasteiger partial charge < -0.3 is 5.32 Å². The summed E-state index contributed by atoms with van der Waals surface area (Å²) in [7, 11) is 1.86. The van der Waals surface area contributed by atoms with Gasteiger partial charge in [0.15, 0.2) is 0 Å². The van der Waals surface area contributed by atoms with Crippen molar-refractivity contribution in [3.63, 3.8) is 0 Å². The number of nitrogens with zero attached hydrogens (tertiary/aromatic N) is 3. The van der Waals surface area contributed by atoms with Crippen molar-refractivity contribution in [3.8, 4) is 0 Å². The average molecular weight is 234 g/mol. The lowest BCUT2D eigenvalue weighted by atomic mass is 9.97. The SMILES string of the molecule is CNc1cnc(CN2C(C)CCCC2C)cn1. The predicted molar refractivity (Wildman–Crippen MR) is 69.9 cm³/mol. The third-order valence-electron chi connectivity index (χ3n) is 3.68. The molecule has 0 spiro atoms. The number of anilines is 1. The molecule has 1 aromatic rings. The van der Waals surface area contributed by atoms with Crippen LogP contribution in [0.5, 0.6) is 0 Å². The minimum Gasteiger partial charge on any atom is -0.372 e. The zero-order valence-corrected chi connectivity index (χ0v) is 11.0. The van der Waals surface area contributed by atoms with Crippen LogP contribution in [0.3, 0.4) is 0 Å². The van der Waals surface area contributed by atoms with Crippen molar-refractivity contribution in [1.82, 2.24) is 14.9 Å². The van der Waals surface area contributed by atoms with Gasteiger partial charge in [0.05, 0.1) is 18.1 Å². The maximum atomic E-state index is 4.45. The van der Waals surface area contributed by atoms with Crippen molar-refractivity contribution in [2.45, 2.75) is 51.7 Å². The van der Waals surface area contributed by atoms with Gasteiger partial charge in [-0.25, -0.2) is 4.98 Å². The van der Waals surface area contributed by atoms with Crippen LogP contribution in [0.1, 0.15) is 38.8 Å². The highest BCUT2D eigenvalue weighted by Crippen LogP contribution is 2.23. The molecule has 2 rings (SSSR count). The molecule has 2 atom stereocenters. The Labute approximate surface area is 103 Å². The fourth-order valence-corrected chi connectivity index (χ4v) is 2.54. The Morgan fingerprint density at radius 1 is 1.24 bits per heavy atom. The highest BCUT2D eigenvalue weighted by Gasteiger charge is 2.24. The summed E-state index contributed by atoms with van der Waals surface area (Å²) in [4.78, 5) is 11.3. The molecule has 2 unspecified atom stereocenters. The van der Waals surface area contributed by atoms with Crippen LogP contribution in [0, 0.1) is 0 Å². The largest absolute Gasteiger partial charge is 0.372 e. The minimum atomic E-state index is 0.657. The van der Waals surface area contributed by atoms with Crippen LogP contribution in [0.25, 0.3) is 0 Å². The van der Waals surface area contributed by atoms with E-state index in [2.05, 4.69) is 34.0 Å². The molecule has 1 aliphatic heterocycles. The highest BCUT2D eigenvalue weighted by atomic mass is 15.2. The van der Waals surface area contributed by atoms with Crippen molar-refractivity contribution in [2.75, 3.05) is 12.4 Å². The van der Waals surface area contributed by atoms with Crippen LogP contribution in [0.15, 0.2) is 12.4 Å². The molecule has 1 fully saturated rings. The fourth-order valence-electron chi connectivity index (χ4n) is 2.54. The Hall–Kier alpha value is -1.16. The Kier molecular flexibility index (Phi) is 3.94. The minimum absolute atomic E-state index is 0.657. The van der Waals surface area contributed by atoms with Gasteiger partial charge in [-0.2, -0.15) is 0 Å². The van der Waals surface area contributed by atoms with Gasteiger partial charge in [0, 0.05) is 25.7 Å². The lowest BCUT2D eigenvalue weighted by molar-refractivity contribution is 0.0937. The maximum Gasteiger partial charge on any atom is 0.144 e. The van der Waals surface area contributed by atoms with Crippen molar-refractivity contribution >= 4 is 5.82 Å². The van der Waals surface area contributed by atoms with E-state index in [9.17, 15) is 0 Å². The van der Waals surface area contributed by atoms with Crippen molar-refractivity contribution < 1.29 is 0 Å². The molecule has 1 saturated heterocycles. The van der Waals surface area contributed by atoms with Crippen LogP contribution in [-0.4, -0.2) is 34.0 Å². The highest BCUT2D eigenvalue weighted by molar-refractivity contribution is 5.29. The van der Waals surface area contributed by atoms with Gasteiger partial charge in [0.2, 0.25) is 0 Å². The summed E-state index contributed by atoms with van der Waals surface area (Å²) in [6.07, 6.45) is 7.62. The van der Waals surface area contributed by atoms with E-state index in [1.165, 1.54) is 19.3 Å². The van der Waals surface area contributed by atoms with Gasteiger partial charge in [-0.15, -0.1) is 0 Å². The van der Waals surface area contributed by atoms with Gasteiger partial charge in [-0.05, 0) is 26.7 Å². The second-order valence-electron chi connectivity index (χ2n) is 4.94. The van der Waals surface area contributed by atoms with Crippen molar-refractivity contribution in [2.24, 2.45) is 0 Å². The number of hydrogen-bond acceptors (Lipinski definition) is 4. The Morgan fingerprint density at radius 2 is 1.94 bits per heavy atom. The summed E-state index contributed by atoms with van der Waals surface area (Å²) in [6, 6.07) is 1.31. The molecule has 1 N–H and O–H groups in total. The quantitative estimate of drug-likeness (QED) is 0.871. The number of likely N-dealkylation sites (tertiary alicyclic amines) is 1. The third kappa shape index (κ3) is 2.94. The number of rotatable bonds is 3. The normalized spacial score (nSPS) is 25.8. The summed E-state index contributed by atoms with van der Waals surface area (Å²) in [6.45, 7) is 5.54. The first kappa shape index (κ1) is 12.3. The summed E-state index contributed by atoms with van der Waals surface area (Å²) in [5.41, 5.74) is 1.06. The van der Waals surface area contributed by atoms with Gasteiger partial charge in [0.25, 0.3) is 0 Å². The van der Waals surface area contributed by atoms with E-state index < -0.39 is 0 Å². The third-order valence-corrected chi connectivity index (χ3v) is 3.68. The number of nitrogens with one attached hydrogen (secondary N) is 1. The molecule has 0 radical (unpaired) electrons. The van der Waals surface area contributed by atoms with E-state index in [4.69, 9.17) is 0 Å². The number of hydrogen-bond donors (Lipinski definition) is 1. The fraction of sp³-hybridized carbons (Fsp3) is 0.692. The Balaban J connectivity index is 2.03. The van der Waals surface area contributed by atoms with Crippen LogP contribution in [-0.2, 0) is 6.54 Å². The Morgan fingerprint density at radius 3 is 2.47 bits per heavy atom. The molecule has 1 aromatic heterocycles. The van der Waals surface area contributed by atoms with E-state index in [-0.39, 0.29) is 0 Å². The first-order valence-electron chi connectivity index (χ1n) is 6.45. The molecule has 1 aliphatic rings. The van der Waals surface area contributed by atoms with Gasteiger partial charge >= 0.3 is 0 Å². The predicted octanol–water partition coefficient (Wildman–Crippen LogP) is 2.28. The molecule has 2 heterocycles. The van der Waals surface area contributed by atoms with E-state index in [0.717, 1.165) is 18.1 Å².